The zero-order valence-electron chi connectivity index (χ0n) is 8.77. The second kappa shape index (κ2) is 3.85. The van der Waals surface area contributed by atoms with Gasteiger partial charge in [-0.15, -0.1) is 0 Å². The lowest BCUT2D eigenvalue weighted by Crippen LogP contribution is -2.12. The molecule has 4 heteroatoms. The molecular formula is C11H11F2NO. The first kappa shape index (κ1) is 11.4. The van der Waals surface area contributed by atoms with E-state index in [4.69, 9.17) is 10.00 Å². The Morgan fingerprint density at radius 3 is 2.27 bits per heavy atom. The average molecular weight is 211 g/mol. The van der Waals surface area contributed by atoms with Crippen LogP contribution in [0.1, 0.15) is 16.7 Å². The van der Waals surface area contributed by atoms with Gasteiger partial charge < -0.3 is 4.74 Å². The van der Waals surface area contributed by atoms with Crippen LogP contribution in [-0.4, -0.2) is 7.11 Å². The molecule has 0 aliphatic carbocycles. The monoisotopic (exact) mass is 211 g/mol. The van der Waals surface area contributed by atoms with Gasteiger partial charge in [0.15, 0.2) is 0 Å². The topological polar surface area (TPSA) is 33.0 Å². The summed E-state index contributed by atoms with van der Waals surface area (Å²) in [6, 6.07) is 3.76. The maximum atomic E-state index is 13.2. The van der Waals surface area contributed by atoms with Crippen LogP contribution in [0.2, 0.25) is 0 Å². The Morgan fingerprint density at radius 2 is 1.80 bits per heavy atom. The van der Waals surface area contributed by atoms with Crippen molar-refractivity contribution < 1.29 is 13.5 Å². The van der Waals surface area contributed by atoms with Crippen LogP contribution >= 0.6 is 0 Å². The van der Waals surface area contributed by atoms with Crippen LogP contribution in [-0.2, 0) is 5.92 Å². The first-order valence-electron chi connectivity index (χ1n) is 4.37. The van der Waals surface area contributed by atoms with E-state index >= 15 is 0 Å². The van der Waals surface area contributed by atoms with Crippen LogP contribution in [0.5, 0.6) is 5.75 Å². The van der Waals surface area contributed by atoms with Gasteiger partial charge in [-0.05, 0) is 37.1 Å². The van der Waals surface area contributed by atoms with Crippen molar-refractivity contribution in [2.24, 2.45) is 0 Å². The molecule has 0 aliphatic heterocycles. The third-order valence-corrected chi connectivity index (χ3v) is 2.29. The molecule has 0 fully saturated rings. The molecule has 0 radical (unpaired) electrons. The van der Waals surface area contributed by atoms with E-state index in [1.807, 2.05) is 0 Å². The molecular weight excluding hydrogens is 200 g/mol. The zero-order chi connectivity index (χ0) is 11.6. The molecule has 0 aliphatic rings. The molecule has 80 valence electrons. The van der Waals surface area contributed by atoms with Crippen molar-refractivity contribution in [2.75, 3.05) is 7.11 Å². The van der Waals surface area contributed by atoms with E-state index in [0.29, 0.717) is 5.56 Å². The van der Waals surface area contributed by atoms with Gasteiger partial charge in [0.25, 0.3) is 0 Å². The third kappa shape index (κ3) is 2.07. The largest absolute Gasteiger partial charge is 0.496 e. The van der Waals surface area contributed by atoms with E-state index < -0.39 is 5.92 Å². The number of aryl methyl sites for hydroxylation is 2. The normalized spacial score (nSPS) is 10.9. The van der Waals surface area contributed by atoms with Crippen LogP contribution in [0, 0.1) is 25.2 Å². The summed E-state index contributed by atoms with van der Waals surface area (Å²) in [5, 5.41) is 8.37. The SMILES string of the molecule is COc1cc(C)c(C)cc1C(F)(F)C#N. The zero-order valence-corrected chi connectivity index (χ0v) is 8.77. The molecule has 0 spiro atoms. The third-order valence-electron chi connectivity index (χ3n) is 2.29. The van der Waals surface area contributed by atoms with Gasteiger partial charge in [0.2, 0.25) is 0 Å². The highest BCUT2D eigenvalue weighted by molar-refractivity contribution is 5.45. The van der Waals surface area contributed by atoms with Crippen molar-refractivity contribution >= 4 is 0 Å². The number of halogens is 2. The Bertz CT molecular complexity index is 421. The summed E-state index contributed by atoms with van der Waals surface area (Å²) in [5.41, 5.74) is 1.18. The summed E-state index contributed by atoms with van der Waals surface area (Å²) in [7, 11) is 1.31. The van der Waals surface area contributed by atoms with Crippen molar-refractivity contribution in [3.05, 3.63) is 28.8 Å². The maximum Gasteiger partial charge on any atom is 0.360 e. The molecule has 0 bridgehead atoms. The lowest BCUT2D eigenvalue weighted by atomic mass is 10.0. The highest BCUT2D eigenvalue weighted by Gasteiger charge is 2.35. The van der Waals surface area contributed by atoms with Gasteiger partial charge in [-0.25, -0.2) is 0 Å². The summed E-state index contributed by atoms with van der Waals surface area (Å²) in [6.45, 7) is 3.51. The Labute approximate surface area is 87.1 Å². The standard InChI is InChI=1S/C11H11F2NO/c1-7-4-9(11(12,13)6-14)10(15-3)5-8(7)2/h4-5H,1-3H3. The quantitative estimate of drug-likeness (QED) is 0.753. The molecule has 0 unspecified atom stereocenters. The van der Waals surface area contributed by atoms with Crippen molar-refractivity contribution in [3.63, 3.8) is 0 Å². The van der Waals surface area contributed by atoms with Gasteiger partial charge in [-0.1, -0.05) is 0 Å². The Balaban J connectivity index is 3.42. The summed E-state index contributed by atoms with van der Waals surface area (Å²) in [4.78, 5) is 0. The van der Waals surface area contributed by atoms with Gasteiger partial charge in [-0.2, -0.15) is 14.0 Å². The smallest absolute Gasteiger partial charge is 0.360 e. The Hall–Kier alpha value is -1.63. The summed E-state index contributed by atoms with van der Waals surface area (Å²) in [6.07, 6.45) is 0. The van der Waals surface area contributed by atoms with E-state index in [9.17, 15) is 8.78 Å². The van der Waals surface area contributed by atoms with E-state index in [1.54, 1.807) is 13.8 Å². The van der Waals surface area contributed by atoms with Crippen molar-refractivity contribution in [3.8, 4) is 11.8 Å². The molecule has 15 heavy (non-hydrogen) atoms. The Morgan fingerprint density at radius 1 is 1.27 bits per heavy atom. The molecule has 1 aromatic rings. The number of methoxy groups -OCH3 is 1. The summed E-state index contributed by atoms with van der Waals surface area (Å²) in [5.74, 6) is -3.46. The van der Waals surface area contributed by atoms with Gasteiger partial charge in [0, 0.05) is 0 Å². The summed E-state index contributed by atoms with van der Waals surface area (Å²) >= 11 is 0. The number of benzene rings is 1. The van der Waals surface area contributed by atoms with Gasteiger partial charge in [0.05, 0.1) is 12.7 Å². The molecule has 0 amide bonds. The van der Waals surface area contributed by atoms with Crippen molar-refractivity contribution in [2.45, 2.75) is 19.8 Å². The number of hydrogen-bond donors (Lipinski definition) is 0. The van der Waals surface area contributed by atoms with Gasteiger partial charge >= 0.3 is 5.92 Å². The number of ether oxygens (including phenoxy) is 1. The molecule has 0 saturated heterocycles. The second-order valence-corrected chi connectivity index (χ2v) is 3.32. The lowest BCUT2D eigenvalue weighted by Gasteiger charge is -2.14. The second-order valence-electron chi connectivity index (χ2n) is 3.32. The van der Waals surface area contributed by atoms with Crippen LogP contribution in [0.3, 0.4) is 0 Å². The Kier molecular flexibility index (Phi) is 2.94. The van der Waals surface area contributed by atoms with Crippen LogP contribution < -0.4 is 4.74 Å². The van der Waals surface area contributed by atoms with Crippen LogP contribution in [0.25, 0.3) is 0 Å². The van der Waals surface area contributed by atoms with E-state index in [1.165, 1.54) is 19.2 Å². The molecule has 1 aromatic carbocycles. The minimum absolute atomic E-state index is 0.0460. The highest BCUT2D eigenvalue weighted by atomic mass is 19.3. The molecule has 0 atom stereocenters. The number of nitriles is 1. The van der Waals surface area contributed by atoms with E-state index in [2.05, 4.69) is 0 Å². The number of hydrogen-bond acceptors (Lipinski definition) is 2. The van der Waals surface area contributed by atoms with Gasteiger partial charge in [0.1, 0.15) is 11.8 Å². The first-order valence-corrected chi connectivity index (χ1v) is 4.37. The van der Waals surface area contributed by atoms with Crippen molar-refractivity contribution in [1.82, 2.24) is 0 Å². The van der Waals surface area contributed by atoms with Gasteiger partial charge in [-0.3, -0.25) is 0 Å². The predicted octanol–water partition coefficient (Wildman–Crippen LogP) is 2.93. The highest BCUT2D eigenvalue weighted by Crippen LogP contribution is 2.36. The predicted molar refractivity (Wildman–Crippen MR) is 52.0 cm³/mol. The van der Waals surface area contributed by atoms with E-state index in [-0.39, 0.29) is 11.3 Å². The summed E-state index contributed by atoms with van der Waals surface area (Å²) < 4.78 is 31.2. The molecule has 0 heterocycles. The molecule has 0 N–H and O–H groups in total. The molecule has 1 rings (SSSR count). The molecule has 0 aromatic heterocycles. The minimum Gasteiger partial charge on any atom is -0.496 e. The fourth-order valence-electron chi connectivity index (χ4n) is 1.26. The first-order chi connectivity index (χ1) is 6.92. The number of nitrogens with zero attached hydrogens (tertiary/aromatic N) is 1. The minimum atomic E-state index is -3.51. The number of alkyl halides is 2. The maximum absolute atomic E-state index is 13.2. The fraction of sp³-hybridized carbons (Fsp3) is 0.364. The molecule has 0 saturated carbocycles. The van der Waals surface area contributed by atoms with Crippen LogP contribution in [0.15, 0.2) is 12.1 Å². The van der Waals surface area contributed by atoms with Crippen LogP contribution in [0.4, 0.5) is 8.78 Å². The van der Waals surface area contributed by atoms with E-state index in [0.717, 1.165) is 11.6 Å². The number of rotatable bonds is 2. The average Bonchev–Trinajstić information content (AvgIpc) is 2.21. The molecule has 2 nitrogen and oxygen atoms in total. The lowest BCUT2D eigenvalue weighted by molar-refractivity contribution is 0.0583. The fourth-order valence-corrected chi connectivity index (χ4v) is 1.26. The van der Waals surface area contributed by atoms with Crippen molar-refractivity contribution in [1.29, 1.82) is 5.26 Å².